The van der Waals surface area contributed by atoms with E-state index in [1.165, 1.54) is 66.4 Å². The molecule has 8 rings (SSSR count). The summed E-state index contributed by atoms with van der Waals surface area (Å²) in [6.07, 6.45) is 13.2. The maximum atomic E-state index is 6.61. The van der Waals surface area contributed by atoms with Gasteiger partial charge in [-0.25, -0.2) is 0 Å². The zero-order valence-electron chi connectivity index (χ0n) is 25.4. The molecule has 4 aliphatic rings. The number of ether oxygens (including phenoxy) is 1. The molecule has 0 bridgehead atoms. The molecule has 3 fully saturated rings. The van der Waals surface area contributed by atoms with Crippen LogP contribution in [0.25, 0.3) is 10.8 Å². The fourth-order valence-electron chi connectivity index (χ4n) is 8.40. The van der Waals surface area contributed by atoms with Crippen LogP contribution in [0.2, 0.25) is 0 Å². The summed E-state index contributed by atoms with van der Waals surface area (Å²) in [5, 5.41) is 7.27. The van der Waals surface area contributed by atoms with E-state index in [4.69, 9.17) is 14.7 Å². The molecule has 0 N–H and O–H groups in total. The molecule has 1 unspecified atom stereocenters. The van der Waals surface area contributed by atoms with Crippen molar-refractivity contribution in [1.82, 2.24) is 24.6 Å². The van der Waals surface area contributed by atoms with Crippen LogP contribution in [0.4, 0.5) is 11.5 Å². The second-order valence-electron chi connectivity index (χ2n) is 13.0. The molecule has 4 aliphatic heterocycles. The van der Waals surface area contributed by atoms with E-state index < -0.39 is 0 Å². The Kier molecular flexibility index (Phi) is 6.97. The molecule has 3 saturated heterocycles. The number of anilines is 2. The summed E-state index contributed by atoms with van der Waals surface area (Å²) in [6, 6.07) is 16.4. The Morgan fingerprint density at radius 1 is 0.930 bits per heavy atom. The van der Waals surface area contributed by atoms with Crippen LogP contribution in [0.3, 0.4) is 0 Å². The van der Waals surface area contributed by atoms with Gasteiger partial charge in [0.1, 0.15) is 12.4 Å². The van der Waals surface area contributed by atoms with Crippen LogP contribution in [0.15, 0.2) is 54.9 Å². The van der Waals surface area contributed by atoms with E-state index in [0.29, 0.717) is 18.7 Å². The zero-order valence-corrected chi connectivity index (χ0v) is 25.4. The SMILES string of the molecule is CCc1cccc2cccc(N3CCc4c(nc(OCC56CCCN5CCC6)nc4N4CCCC(n5cccn5)C4)C3)c12. The number of aryl methyl sites for hydroxylation is 1. The van der Waals surface area contributed by atoms with Crippen molar-refractivity contribution in [3.63, 3.8) is 0 Å². The van der Waals surface area contributed by atoms with Gasteiger partial charge in [0, 0.05) is 48.7 Å². The summed E-state index contributed by atoms with van der Waals surface area (Å²) in [6.45, 7) is 8.98. The molecule has 2 aromatic heterocycles. The Hall–Kier alpha value is -3.65. The van der Waals surface area contributed by atoms with E-state index in [1.807, 2.05) is 12.3 Å². The first-order valence-electron chi connectivity index (χ1n) is 16.5. The molecule has 6 heterocycles. The molecule has 0 amide bonds. The summed E-state index contributed by atoms with van der Waals surface area (Å²) >= 11 is 0. The molecule has 1 atom stereocenters. The molecule has 0 radical (unpaired) electrons. The number of hydrogen-bond donors (Lipinski definition) is 0. The fourth-order valence-corrected chi connectivity index (χ4v) is 8.40. The molecule has 43 heavy (non-hydrogen) atoms. The van der Waals surface area contributed by atoms with E-state index in [9.17, 15) is 0 Å². The first kappa shape index (κ1) is 26.9. The Bertz CT molecular complexity index is 1590. The van der Waals surface area contributed by atoms with Crippen molar-refractivity contribution in [3.8, 4) is 6.01 Å². The molecular weight excluding hydrogens is 534 g/mol. The van der Waals surface area contributed by atoms with Gasteiger partial charge in [0.15, 0.2) is 0 Å². The lowest BCUT2D eigenvalue weighted by Crippen LogP contribution is -2.44. The van der Waals surface area contributed by atoms with Gasteiger partial charge in [-0.05, 0) is 87.5 Å². The minimum Gasteiger partial charge on any atom is -0.461 e. The summed E-state index contributed by atoms with van der Waals surface area (Å²) in [7, 11) is 0. The first-order valence-corrected chi connectivity index (χ1v) is 16.5. The van der Waals surface area contributed by atoms with Gasteiger partial charge < -0.3 is 14.5 Å². The minimum absolute atomic E-state index is 0.168. The summed E-state index contributed by atoms with van der Waals surface area (Å²) in [5.41, 5.74) is 5.29. The van der Waals surface area contributed by atoms with Crippen LogP contribution >= 0.6 is 0 Å². The van der Waals surface area contributed by atoms with Crippen molar-refractivity contribution in [1.29, 1.82) is 0 Å². The molecule has 0 spiro atoms. The van der Waals surface area contributed by atoms with E-state index in [0.717, 1.165) is 63.4 Å². The molecule has 4 aromatic rings. The van der Waals surface area contributed by atoms with Crippen molar-refractivity contribution < 1.29 is 4.74 Å². The third kappa shape index (κ3) is 4.84. The predicted molar refractivity (Wildman–Crippen MR) is 171 cm³/mol. The minimum atomic E-state index is 0.168. The van der Waals surface area contributed by atoms with Gasteiger partial charge in [-0.2, -0.15) is 15.1 Å². The zero-order chi connectivity index (χ0) is 28.8. The van der Waals surface area contributed by atoms with Crippen LogP contribution in [0, 0.1) is 0 Å². The first-order chi connectivity index (χ1) is 21.2. The predicted octanol–water partition coefficient (Wildman–Crippen LogP) is 5.80. The Labute approximate surface area is 254 Å². The largest absolute Gasteiger partial charge is 0.461 e. The van der Waals surface area contributed by atoms with Gasteiger partial charge in [0.25, 0.3) is 0 Å². The highest BCUT2D eigenvalue weighted by molar-refractivity contribution is 5.97. The van der Waals surface area contributed by atoms with Crippen LogP contribution in [-0.2, 0) is 19.4 Å². The maximum absolute atomic E-state index is 6.61. The van der Waals surface area contributed by atoms with Gasteiger partial charge in [-0.1, -0.05) is 37.3 Å². The number of benzene rings is 2. The average molecular weight is 578 g/mol. The second-order valence-corrected chi connectivity index (χ2v) is 13.0. The fraction of sp³-hybridized carbons (Fsp3) is 0.514. The number of piperidine rings is 1. The van der Waals surface area contributed by atoms with E-state index in [-0.39, 0.29) is 5.54 Å². The van der Waals surface area contributed by atoms with Crippen molar-refractivity contribution in [3.05, 3.63) is 71.7 Å². The van der Waals surface area contributed by atoms with Crippen molar-refractivity contribution in [2.45, 2.75) is 76.4 Å². The summed E-state index contributed by atoms with van der Waals surface area (Å²) in [5.74, 6) is 1.08. The number of hydrogen-bond acceptors (Lipinski definition) is 7. The second kappa shape index (κ2) is 11.1. The van der Waals surface area contributed by atoms with E-state index in [2.05, 4.69) is 74.0 Å². The number of rotatable bonds is 7. The van der Waals surface area contributed by atoms with E-state index in [1.54, 1.807) is 0 Å². The third-order valence-electron chi connectivity index (χ3n) is 10.6. The molecule has 8 nitrogen and oxygen atoms in total. The van der Waals surface area contributed by atoms with Crippen molar-refractivity contribution >= 4 is 22.3 Å². The van der Waals surface area contributed by atoms with Crippen LogP contribution in [-0.4, -0.2) is 69.5 Å². The Balaban J connectivity index is 1.14. The smallest absolute Gasteiger partial charge is 0.318 e. The summed E-state index contributed by atoms with van der Waals surface area (Å²) in [4.78, 5) is 18.0. The summed E-state index contributed by atoms with van der Waals surface area (Å²) < 4.78 is 8.74. The van der Waals surface area contributed by atoms with Crippen LogP contribution < -0.4 is 14.5 Å². The molecule has 0 saturated carbocycles. The normalized spacial score (nSPS) is 21.7. The van der Waals surface area contributed by atoms with Crippen molar-refractivity contribution in [2.24, 2.45) is 0 Å². The van der Waals surface area contributed by atoms with Gasteiger partial charge >= 0.3 is 6.01 Å². The molecule has 0 aliphatic carbocycles. The average Bonchev–Trinajstić information content (AvgIpc) is 3.81. The lowest BCUT2D eigenvalue weighted by molar-refractivity contribution is 0.107. The topological polar surface area (TPSA) is 62.6 Å². The van der Waals surface area contributed by atoms with Crippen LogP contribution in [0.5, 0.6) is 6.01 Å². The monoisotopic (exact) mass is 577 g/mol. The standard InChI is InChI=1S/C35H43N7O/c1-2-26-9-3-10-27-11-4-13-31(32(26)27)39-22-14-29-30(24-39)37-34(43-25-35-15-6-19-41(35)20-7-16-35)38-33(29)40-18-5-12-28(23-40)42-21-8-17-36-42/h3-4,8-11,13,17,21,28H,2,5-7,12,14-16,18-20,22-25H2,1H3. The highest BCUT2D eigenvalue weighted by atomic mass is 16.5. The van der Waals surface area contributed by atoms with Gasteiger partial charge in [0.05, 0.1) is 23.8 Å². The van der Waals surface area contributed by atoms with Gasteiger partial charge in [-0.3, -0.25) is 9.58 Å². The number of nitrogens with zero attached hydrogens (tertiary/aromatic N) is 7. The van der Waals surface area contributed by atoms with Gasteiger partial charge in [0.2, 0.25) is 0 Å². The van der Waals surface area contributed by atoms with Crippen LogP contribution in [0.1, 0.15) is 68.3 Å². The highest BCUT2D eigenvalue weighted by Gasteiger charge is 2.45. The number of fused-ring (bicyclic) bond motifs is 3. The third-order valence-corrected chi connectivity index (χ3v) is 10.6. The van der Waals surface area contributed by atoms with Crippen molar-refractivity contribution in [2.75, 3.05) is 49.1 Å². The highest BCUT2D eigenvalue weighted by Crippen LogP contribution is 2.40. The van der Waals surface area contributed by atoms with E-state index >= 15 is 0 Å². The maximum Gasteiger partial charge on any atom is 0.318 e. The molecule has 224 valence electrons. The quantitative estimate of drug-likeness (QED) is 0.275. The van der Waals surface area contributed by atoms with Gasteiger partial charge in [-0.15, -0.1) is 0 Å². The number of aromatic nitrogens is 4. The Morgan fingerprint density at radius 3 is 2.60 bits per heavy atom. The Morgan fingerprint density at radius 2 is 1.79 bits per heavy atom. The molecular formula is C35H43N7O. The lowest BCUT2D eigenvalue weighted by Gasteiger charge is -2.38. The molecule has 2 aromatic carbocycles. The molecule has 8 heteroatoms. The lowest BCUT2D eigenvalue weighted by atomic mass is 9.95.